The van der Waals surface area contributed by atoms with E-state index in [1.54, 1.807) is 11.3 Å². The van der Waals surface area contributed by atoms with Gasteiger partial charge < -0.3 is 9.13 Å². The number of benzene rings is 7. The fourth-order valence-electron chi connectivity index (χ4n) is 7.91. The smallest absolute Gasteiger partial charge is 0.160 e. The Balaban J connectivity index is 1.20. The van der Waals surface area contributed by atoms with Crippen molar-refractivity contribution in [2.24, 2.45) is 0 Å². The third kappa shape index (κ3) is 4.19. The summed E-state index contributed by atoms with van der Waals surface area (Å²) in [5.41, 5.74) is 11.1. The molecule has 4 nitrogen and oxygen atoms in total. The molecule has 11 aromatic rings. The normalized spacial score (nSPS) is 11.9. The van der Waals surface area contributed by atoms with Gasteiger partial charge in [-0.2, -0.15) is 0 Å². The SMILES string of the molecule is c1ccc(-c2nc(-c3ccccc3)c3sc4cc(-n5c6ccccc6c6c5ccc5c7ccccc7n(-c7ccccc7)c56)ccc4c3n2)cc1. The largest absolute Gasteiger partial charge is 0.309 e. The Kier molecular flexibility index (Phi) is 6.09. The molecule has 0 saturated carbocycles. The highest BCUT2D eigenvalue weighted by Gasteiger charge is 2.22. The van der Waals surface area contributed by atoms with Crippen LogP contribution in [0, 0.1) is 0 Å². The van der Waals surface area contributed by atoms with Gasteiger partial charge in [-0.3, -0.25) is 0 Å². The highest BCUT2D eigenvalue weighted by molar-refractivity contribution is 7.26. The number of fused-ring (bicyclic) bond motifs is 10. The lowest BCUT2D eigenvalue weighted by molar-refractivity contribution is 1.18. The Bertz CT molecular complexity index is 3120. The van der Waals surface area contributed by atoms with Gasteiger partial charge >= 0.3 is 0 Å². The molecule has 0 N–H and O–H groups in total. The molecular weight excluding hydrogens is 641 g/mol. The minimum absolute atomic E-state index is 0.742. The molecule has 0 unspecified atom stereocenters. The van der Waals surface area contributed by atoms with Gasteiger partial charge in [-0.25, -0.2) is 9.97 Å². The fourth-order valence-corrected chi connectivity index (χ4v) is 9.10. The maximum absolute atomic E-state index is 5.20. The van der Waals surface area contributed by atoms with Crippen molar-refractivity contribution in [2.75, 3.05) is 0 Å². The average molecular weight is 669 g/mol. The van der Waals surface area contributed by atoms with Crippen LogP contribution in [-0.4, -0.2) is 19.1 Å². The first-order valence-corrected chi connectivity index (χ1v) is 18.0. The van der Waals surface area contributed by atoms with Crippen molar-refractivity contribution in [1.82, 2.24) is 19.1 Å². The van der Waals surface area contributed by atoms with Gasteiger partial charge in [-0.05, 0) is 48.5 Å². The van der Waals surface area contributed by atoms with Crippen molar-refractivity contribution >= 4 is 75.3 Å². The average Bonchev–Trinajstić information content (AvgIpc) is 3.86. The first-order chi connectivity index (χ1) is 25.3. The lowest BCUT2D eigenvalue weighted by Gasteiger charge is -2.10. The number of hydrogen-bond acceptors (Lipinski definition) is 3. The third-order valence-electron chi connectivity index (χ3n) is 10.1. The Morgan fingerprint density at radius 2 is 1.06 bits per heavy atom. The van der Waals surface area contributed by atoms with Crippen LogP contribution in [-0.2, 0) is 0 Å². The minimum Gasteiger partial charge on any atom is -0.309 e. The molecule has 0 amide bonds. The summed E-state index contributed by atoms with van der Waals surface area (Å²) in [7, 11) is 0. The van der Waals surface area contributed by atoms with Crippen LogP contribution < -0.4 is 0 Å². The van der Waals surface area contributed by atoms with Gasteiger partial charge in [-0.1, -0.05) is 121 Å². The number of rotatable bonds is 4. The van der Waals surface area contributed by atoms with Crippen molar-refractivity contribution in [3.8, 4) is 34.0 Å². The zero-order valence-corrected chi connectivity index (χ0v) is 28.2. The third-order valence-corrected chi connectivity index (χ3v) is 11.3. The van der Waals surface area contributed by atoms with Crippen LogP contribution in [0.1, 0.15) is 0 Å². The van der Waals surface area contributed by atoms with Crippen molar-refractivity contribution in [1.29, 1.82) is 0 Å². The van der Waals surface area contributed by atoms with E-state index >= 15 is 0 Å². The molecule has 0 radical (unpaired) electrons. The summed E-state index contributed by atoms with van der Waals surface area (Å²) < 4.78 is 7.15. The molecule has 0 aliphatic carbocycles. The summed E-state index contributed by atoms with van der Waals surface area (Å²) in [6.45, 7) is 0. The van der Waals surface area contributed by atoms with Crippen LogP contribution in [0.2, 0.25) is 0 Å². The minimum atomic E-state index is 0.742. The second-order valence-corrected chi connectivity index (χ2v) is 14.0. The highest BCUT2D eigenvalue weighted by atomic mass is 32.1. The predicted octanol–water partition coefficient (Wildman–Crippen LogP) is 12.4. The first kappa shape index (κ1) is 28.3. The lowest BCUT2D eigenvalue weighted by Crippen LogP contribution is -1.95. The van der Waals surface area contributed by atoms with Crippen molar-refractivity contribution in [3.63, 3.8) is 0 Å². The molecule has 7 aromatic carbocycles. The Labute approximate surface area is 297 Å². The number of hydrogen-bond donors (Lipinski definition) is 0. The zero-order chi connectivity index (χ0) is 33.5. The van der Waals surface area contributed by atoms with Crippen LogP contribution in [0.5, 0.6) is 0 Å². The molecule has 0 fully saturated rings. The van der Waals surface area contributed by atoms with E-state index in [9.17, 15) is 0 Å². The molecule has 5 heteroatoms. The highest BCUT2D eigenvalue weighted by Crippen LogP contribution is 2.44. The summed E-state index contributed by atoms with van der Waals surface area (Å²) in [6, 6.07) is 60.5. The lowest BCUT2D eigenvalue weighted by atomic mass is 10.1. The molecular formula is C46H28N4S. The topological polar surface area (TPSA) is 35.6 Å². The van der Waals surface area contributed by atoms with Crippen molar-refractivity contribution in [2.45, 2.75) is 0 Å². The molecule has 0 atom stereocenters. The van der Waals surface area contributed by atoms with Crippen molar-refractivity contribution in [3.05, 3.63) is 170 Å². The van der Waals surface area contributed by atoms with Crippen LogP contribution in [0.15, 0.2) is 170 Å². The Morgan fingerprint density at radius 3 is 1.82 bits per heavy atom. The van der Waals surface area contributed by atoms with Gasteiger partial charge in [0.1, 0.15) is 0 Å². The summed E-state index contributed by atoms with van der Waals surface area (Å²) in [6.07, 6.45) is 0. The summed E-state index contributed by atoms with van der Waals surface area (Å²) in [5.74, 6) is 0.742. The van der Waals surface area contributed by atoms with E-state index in [0.717, 1.165) is 49.6 Å². The van der Waals surface area contributed by atoms with Crippen molar-refractivity contribution < 1.29 is 0 Å². The van der Waals surface area contributed by atoms with Gasteiger partial charge in [0.05, 0.1) is 38.0 Å². The van der Waals surface area contributed by atoms with Crippen LogP contribution in [0.4, 0.5) is 0 Å². The molecule has 51 heavy (non-hydrogen) atoms. The van der Waals surface area contributed by atoms with Gasteiger partial charge in [0, 0.05) is 54.1 Å². The molecule has 0 aliphatic heterocycles. The number of aromatic nitrogens is 4. The first-order valence-electron chi connectivity index (χ1n) is 17.2. The summed E-state index contributed by atoms with van der Waals surface area (Å²) in [5, 5.41) is 6.14. The Morgan fingerprint density at radius 1 is 0.431 bits per heavy atom. The Hall–Kier alpha value is -6.56. The quantitative estimate of drug-likeness (QED) is 0.187. The molecule has 4 heterocycles. The molecule has 238 valence electrons. The van der Waals surface area contributed by atoms with Crippen LogP contribution in [0.3, 0.4) is 0 Å². The molecule has 11 rings (SSSR count). The predicted molar refractivity (Wildman–Crippen MR) is 214 cm³/mol. The van der Waals surface area contributed by atoms with Crippen LogP contribution in [0.25, 0.3) is 97.9 Å². The van der Waals surface area contributed by atoms with Crippen LogP contribution >= 0.6 is 11.3 Å². The molecule has 0 aliphatic rings. The van der Waals surface area contributed by atoms with E-state index in [1.165, 1.54) is 48.3 Å². The molecule has 0 spiro atoms. The zero-order valence-electron chi connectivity index (χ0n) is 27.4. The van der Waals surface area contributed by atoms with E-state index in [-0.39, 0.29) is 0 Å². The number of nitrogens with zero attached hydrogens (tertiary/aromatic N) is 4. The molecule has 4 aromatic heterocycles. The van der Waals surface area contributed by atoms with E-state index < -0.39 is 0 Å². The molecule has 0 bridgehead atoms. The second-order valence-electron chi connectivity index (χ2n) is 13.0. The van der Waals surface area contributed by atoms with E-state index in [2.05, 4.69) is 161 Å². The van der Waals surface area contributed by atoms with Gasteiger partial charge in [-0.15, -0.1) is 11.3 Å². The van der Waals surface area contributed by atoms with E-state index in [4.69, 9.17) is 9.97 Å². The monoisotopic (exact) mass is 668 g/mol. The van der Waals surface area contributed by atoms with Gasteiger partial charge in [0.25, 0.3) is 0 Å². The molecule has 0 saturated heterocycles. The maximum Gasteiger partial charge on any atom is 0.160 e. The van der Waals surface area contributed by atoms with Gasteiger partial charge in [0.2, 0.25) is 0 Å². The second kappa shape index (κ2) is 11.0. The maximum atomic E-state index is 5.20. The standard InChI is InChI=1S/C46H28N4S/c1-4-14-29(15-5-1)42-45-43(48-46(47-42)30-16-6-2-7-17-30)36-25-24-32(28-40(36)51-45)49-38-23-13-11-21-35(38)41-39(49)27-26-34-33-20-10-12-22-37(33)50(44(34)41)31-18-8-3-9-19-31/h1-28H. The summed E-state index contributed by atoms with van der Waals surface area (Å²) in [4.78, 5) is 10.4. The number of para-hydroxylation sites is 3. The van der Waals surface area contributed by atoms with E-state index in [0.29, 0.717) is 0 Å². The van der Waals surface area contributed by atoms with E-state index in [1.807, 2.05) is 18.2 Å². The van der Waals surface area contributed by atoms with Gasteiger partial charge in [0.15, 0.2) is 5.82 Å². The fraction of sp³-hybridized carbons (Fsp3) is 0. The number of thiophene rings is 1. The summed E-state index contributed by atoms with van der Waals surface area (Å²) >= 11 is 1.77.